The number of fused-ring (bicyclic) bond motifs is 1. The van der Waals surface area contributed by atoms with E-state index in [-0.39, 0.29) is 17.0 Å². The third kappa shape index (κ3) is 2.70. The van der Waals surface area contributed by atoms with Crippen LogP contribution in [0.3, 0.4) is 0 Å². The Kier molecular flexibility index (Phi) is 3.42. The molecule has 10 nitrogen and oxygen atoms in total. The van der Waals surface area contributed by atoms with Crippen molar-refractivity contribution in [3.05, 3.63) is 50.7 Å². The summed E-state index contributed by atoms with van der Waals surface area (Å²) < 4.78 is 2.92. The molecular weight excluding hydrogens is 346 g/mol. The number of H-pyrrole nitrogens is 1. The van der Waals surface area contributed by atoms with E-state index in [1.807, 2.05) is 12.3 Å². The predicted octanol–water partition coefficient (Wildman–Crippen LogP) is 0.817. The molecule has 0 saturated heterocycles. The second-order valence-electron chi connectivity index (χ2n) is 5.27. The summed E-state index contributed by atoms with van der Waals surface area (Å²) in [5, 5.41) is 15.8. The maximum absolute atomic E-state index is 12.2. The van der Waals surface area contributed by atoms with Crippen molar-refractivity contribution in [1.29, 1.82) is 0 Å². The molecule has 0 aliphatic rings. The molecule has 0 atom stereocenters. The molecule has 4 aromatic heterocycles. The molecule has 0 saturated carbocycles. The monoisotopic (exact) mass is 357 g/mol. The lowest BCUT2D eigenvalue weighted by Gasteiger charge is -2.03. The number of aromatic amines is 1. The van der Waals surface area contributed by atoms with Crippen LogP contribution in [0.4, 0.5) is 0 Å². The number of carboxylic acid groups (broad SMARTS) is 1. The molecule has 0 unspecified atom stereocenters. The number of aromatic nitrogens is 7. The van der Waals surface area contributed by atoms with Crippen molar-refractivity contribution in [2.75, 3.05) is 0 Å². The molecule has 4 aromatic rings. The van der Waals surface area contributed by atoms with Gasteiger partial charge in [0.1, 0.15) is 0 Å². The number of nitrogens with one attached hydrogen (secondary N) is 1. The van der Waals surface area contributed by atoms with Gasteiger partial charge < -0.3 is 9.67 Å². The van der Waals surface area contributed by atoms with Gasteiger partial charge in [-0.15, -0.1) is 11.3 Å². The molecule has 4 heterocycles. The van der Waals surface area contributed by atoms with Crippen molar-refractivity contribution in [3.8, 4) is 5.95 Å². The van der Waals surface area contributed by atoms with Gasteiger partial charge in [-0.25, -0.2) is 19.4 Å². The summed E-state index contributed by atoms with van der Waals surface area (Å²) in [6, 6.07) is 0. The SMILES string of the molecule is Cc1nc(Cn2cnc3c(=O)[nH]c(-n4cc(C(=O)O)cn4)nc32)cs1. The van der Waals surface area contributed by atoms with Crippen molar-refractivity contribution in [3.63, 3.8) is 0 Å². The molecular formula is C14H11N7O3S. The smallest absolute Gasteiger partial charge is 0.338 e. The van der Waals surface area contributed by atoms with Crippen LogP contribution in [0, 0.1) is 6.92 Å². The minimum absolute atomic E-state index is 0.00537. The molecule has 126 valence electrons. The fraction of sp³-hybridized carbons (Fsp3) is 0.143. The fourth-order valence-electron chi connectivity index (χ4n) is 2.37. The van der Waals surface area contributed by atoms with E-state index in [4.69, 9.17) is 5.11 Å². The van der Waals surface area contributed by atoms with Crippen molar-refractivity contribution < 1.29 is 9.90 Å². The first-order valence-electron chi connectivity index (χ1n) is 7.16. The molecule has 0 bridgehead atoms. The van der Waals surface area contributed by atoms with Gasteiger partial charge in [-0.2, -0.15) is 10.1 Å². The molecule has 0 aromatic carbocycles. The normalized spacial score (nSPS) is 11.2. The lowest BCUT2D eigenvalue weighted by atomic mass is 10.4. The van der Waals surface area contributed by atoms with Gasteiger partial charge in [-0.05, 0) is 6.92 Å². The van der Waals surface area contributed by atoms with Gasteiger partial charge in [-0.3, -0.25) is 9.78 Å². The summed E-state index contributed by atoms with van der Waals surface area (Å²) in [7, 11) is 0. The molecule has 0 spiro atoms. The lowest BCUT2D eigenvalue weighted by molar-refractivity contribution is 0.0697. The zero-order chi connectivity index (χ0) is 17.6. The van der Waals surface area contributed by atoms with Crippen LogP contribution in [0.2, 0.25) is 0 Å². The van der Waals surface area contributed by atoms with Gasteiger partial charge in [-0.1, -0.05) is 0 Å². The molecule has 0 radical (unpaired) electrons. The van der Waals surface area contributed by atoms with E-state index in [1.165, 1.54) is 34.7 Å². The number of thiazole rings is 1. The number of hydrogen-bond donors (Lipinski definition) is 2. The number of rotatable bonds is 4. The first-order chi connectivity index (χ1) is 12.0. The quantitative estimate of drug-likeness (QED) is 0.552. The molecule has 25 heavy (non-hydrogen) atoms. The molecule has 4 rings (SSSR count). The van der Waals surface area contributed by atoms with Crippen LogP contribution in [0.25, 0.3) is 17.1 Å². The minimum atomic E-state index is -1.11. The third-order valence-electron chi connectivity index (χ3n) is 3.51. The molecule has 0 fully saturated rings. The Morgan fingerprint density at radius 2 is 2.24 bits per heavy atom. The molecule has 11 heteroatoms. The Labute approximate surface area is 143 Å². The first-order valence-corrected chi connectivity index (χ1v) is 8.04. The van der Waals surface area contributed by atoms with Gasteiger partial charge in [0, 0.05) is 11.6 Å². The summed E-state index contributed by atoms with van der Waals surface area (Å²) in [4.78, 5) is 38.6. The van der Waals surface area contributed by atoms with Crippen LogP contribution in [0.1, 0.15) is 21.1 Å². The highest BCUT2D eigenvalue weighted by Gasteiger charge is 2.14. The molecule has 0 aliphatic heterocycles. The minimum Gasteiger partial charge on any atom is -0.478 e. The van der Waals surface area contributed by atoms with Gasteiger partial charge in [0.25, 0.3) is 5.56 Å². The van der Waals surface area contributed by atoms with Crippen LogP contribution in [-0.4, -0.2) is 45.4 Å². The Morgan fingerprint density at radius 1 is 1.40 bits per heavy atom. The van der Waals surface area contributed by atoms with E-state index in [0.717, 1.165) is 10.7 Å². The standard InChI is InChI=1S/C14H11N7O3S/c1-7-17-9(5-25-7)4-20-6-15-10-11(20)18-14(19-12(10)22)21-3-8(2-16-21)13(23)24/h2-3,5-6H,4H2,1H3,(H,23,24)(H,18,19,22). The Bertz CT molecular complexity index is 1150. The highest BCUT2D eigenvalue weighted by atomic mass is 32.1. The van der Waals surface area contributed by atoms with E-state index in [1.54, 1.807) is 4.57 Å². The third-order valence-corrected chi connectivity index (χ3v) is 4.33. The highest BCUT2D eigenvalue weighted by molar-refractivity contribution is 7.09. The van der Waals surface area contributed by atoms with Crippen LogP contribution in [-0.2, 0) is 6.54 Å². The van der Waals surface area contributed by atoms with Gasteiger partial charge >= 0.3 is 5.97 Å². The number of hydrogen-bond acceptors (Lipinski definition) is 7. The zero-order valence-electron chi connectivity index (χ0n) is 12.9. The second-order valence-corrected chi connectivity index (χ2v) is 6.33. The largest absolute Gasteiger partial charge is 0.478 e. The van der Waals surface area contributed by atoms with E-state index in [0.29, 0.717) is 12.2 Å². The van der Waals surface area contributed by atoms with Crippen molar-refractivity contribution in [1.82, 2.24) is 34.3 Å². The molecule has 0 aliphatic carbocycles. The summed E-state index contributed by atoms with van der Waals surface area (Å²) in [5.41, 5.74) is 0.977. The van der Waals surface area contributed by atoms with Crippen LogP contribution < -0.4 is 5.56 Å². The van der Waals surface area contributed by atoms with Crippen LogP contribution in [0.5, 0.6) is 0 Å². The predicted molar refractivity (Wildman–Crippen MR) is 88.2 cm³/mol. The summed E-state index contributed by atoms with van der Waals surface area (Å²) in [6.45, 7) is 2.34. The maximum Gasteiger partial charge on any atom is 0.338 e. The second kappa shape index (κ2) is 5.63. The number of carbonyl (C=O) groups is 1. The number of imidazole rings is 1. The summed E-state index contributed by atoms with van der Waals surface area (Å²) >= 11 is 1.54. The Morgan fingerprint density at radius 3 is 2.92 bits per heavy atom. The Hall–Kier alpha value is -3.34. The highest BCUT2D eigenvalue weighted by Crippen LogP contribution is 2.13. The van der Waals surface area contributed by atoms with E-state index >= 15 is 0 Å². The van der Waals surface area contributed by atoms with Crippen molar-refractivity contribution in [2.24, 2.45) is 0 Å². The van der Waals surface area contributed by atoms with Gasteiger partial charge in [0.05, 0.1) is 35.3 Å². The summed E-state index contributed by atoms with van der Waals surface area (Å²) in [6.07, 6.45) is 3.98. The average Bonchev–Trinajstić information content (AvgIpc) is 3.28. The maximum atomic E-state index is 12.2. The average molecular weight is 357 g/mol. The van der Waals surface area contributed by atoms with Crippen LogP contribution in [0.15, 0.2) is 28.9 Å². The van der Waals surface area contributed by atoms with E-state index in [2.05, 4.69) is 25.0 Å². The first kappa shape index (κ1) is 15.2. The van der Waals surface area contributed by atoms with Crippen molar-refractivity contribution in [2.45, 2.75) is 13.5 Å². The number of aryl methyl sites for hydroxylation is 1. The van der Waals surface area contributed by atoms with E-state index < -0.39 is 11.5 Å². The number of carboxylic acids is 1. The number of nitrogens with zero attached hydrogens (tertiary/aromatic N) is 6. The van der Waals surface area contributed by atoms with Crippen molar-refractivity contribution >= 4 is 28.5 Å². The zero-order valence-corrected chi connectivity index (χ0v) is 13.7. The number of aromatic carboxylic acids is 1. The molecule has 0 amide bonds. The Balaban J connectivity index is 1.80. The topological polar surface area (TPSA) is 132 Å². The van der Waals surface area contributed by atoms with Gasteiger partial charge in [0.15, 0.2) is 11.2 Å². The van der Waals surface area contributed by atoms with Gasteiger partial charge in [0.2, 0.25) is 5.95 Å². The summed E-state index contributed by atoms with van der Waals surface area (Å²) in [5.74, 6) is -1.00. The van der Waals surface area contributed by atoms with E-state index in [9.17, 15) is 9.59 Å². The fourth-order valence-corrected chi connectivity index (χ4v) is 2.97. The molecule has 2 N–H and O–H groups in total. The lowest BCUT2D eigenvalue weighted by Crippen LogP contribution is -2.15. The van der Waals surface area contributed by atoms with Crippen LogP contribution >= 0.6 is 11.3 Å².